The van der Waals surface area contributed by atoms with Crippen LogP contribution in [0.5, 0.6) is 11.5 Å². The zero-order valence-corrected chi connectivity index (χ0v) is 17.9. The second-order valence-electron chi connectivity index (χ2n) is 6.64. The number of ether oxygens (including phenoxy) is 3. The summed E-state index contributed by atoms with van der Waals surface area (Å²) in [7, 11) is 3.15. The summed E-state index contributed by atoms with van der Waals surface area (Å²) in [5, 5.41) is 2.96. The van der Waals surface area contributed by atoms with Gasteiger partial charge < -0.3 is 19.5 Å². The molecule has 2 aromatic carbocycles. The molecule has 1 amide bonds. The van der Waals surface area contributed by atoms with E-state index in [1.165, 1.54) is 0 Å². The van der Waals surface area contributed by atoms with Crippen LogP contribution in [0.25, 0.3) is 0 Å². The number of nitrogens with zero attached hydrogens (tertiary/aromatic N) is 1. The van der Waals surface area contributed by atoms with Crippen LogP contribution in [0.1, 0.15) is 18.6 Å². The van der Waals surface area contributed by atoms with Gasteiger partial charge in [0.15, 0.2) is 11.5 Å². The second-order valence-corrected chi connectivity index (χ2v) is 7.56. The number of hydrogen-bond acceptors (Lipinski definition) is 5. The summed E-state index contributed by atoms with van der Waals surface area (Å²) in [4.78, 5) is 14.9. The van der Waals surface area contributed by atoms with E-state index in [9.17, 15) is 4.79 Å². The number of anilines is 1. The van der Waals surface area contributed by atoms with E-state index < -0.39 is 0 Å². The lowest BCUT2D eigenvalue weighted by molar-refractivity contribution is -0.124. The number of carbonyl (C=O) groups is 1. The van der Waals surface area contributed by atoms with Crippen molar-refractivity contribution in [2.75, 3.05) is 39.2 Å². The van der Waals surface area contributed by atoms with E-state index in [4.69, 9.17) is 14.2 Å². The smallest absolute Gasteiger partial charge is 0.241 e. The minimum atomic E-state index is -0.282. The van der Waals surface area contributed by atoms with Gasteiger partial charge in [-0.3, -0.25) is 9.69 Å². The number of carbonyl (C=O) groups excluding carboxylic acids is 1. The number of methoxy groups -OCH3 is 2. The second kappa shape index (κ2) is 9.41. The Bertz CT molecular complexity index is 813. The van der Waals surface area contributed by atoms with Gasteiger partial charge in [-0.25, -0.2) is 0 Å². The van der Waals surface area contributed by atoms with Crippen LogP contribution in [0, 0.1) is 0 Å². The third-order valence-corrected chi connectivity index (χ3v) is 5.45. The first-order valence-electron chi connectivity index (χ1n) is 9.16. The van der Waals surface area contributed by atoms with Crippen LogP contribution >= 0.6 is 15.9 Å². The molecular weight excluding hydrogens is 424 g/mol. The van der Waals surface area contributed by atoms with Crippen molar-refractivity contribution in [3.63, 3.8) is 0 Å². The van der Waals surface area contributed by atoms with E-state index in [-0.39, 0.29) is 18.1 Å². The van der Waals surface area contributed by atoms with E-state index in [1.807, 2.05) is 31.2 Å². The lowest BCUT2D eigenvalue weighted by atomic mass is 10.1. The maximum atomic E-state index is 12.8. The molecule has 2 unspecified atom stereocenters. The third-order valence-electron chi connectivity index (χ3n) is 4.92. The molecular formula is C21H25BrN2O4. The Labute approximate surface area is 173 Å². The SMILES string of the molecule is COc1ccc(NC(=O)C(C)N2CCOC(c3ccc(Br)cc3)C2)cc1OC. The van der Waals surface area contributed by atoms with Crippen LogP contribution in [-0.2, 0) is 9.53 Å². The normalized spacial score (nSPS) is 18.4. The summed E-state index contributed by atoms with van der Waals surface area (Å²) >= 11 is 3.45. The van der Waals surface area contributed by atoms with E-state index >= 15 is 0 Å². The zero-order valence-electron chi connectivity index (χ0n) is 16.3. The monoisotopic (exact) mass is 448 g/mol. The predicted octanol–water partition coefficient (Wildman–Crippen LogP) is 3.87. The average molecular weight is 449 g/mol. The van der Waals surface area contributed by atoms with Crippen LogP contribution < -0.4 is 14.8 Å². The lowest BCUT2D eigenvalue weighted by Gasteiger charge is -2.36. The highest BCUT2D eigenvalue weighted by molar-refractivity contribution is 9.10. The van der Waals surface area contributed by atoms with E-state index in [2.05, 4.69) is 26.1 Å². The number of hydrogen-bond donors (Lipinski definition) is 1. The molecule has 0 spiro atoms. The van der Waals surface area contributed by atoms with Gasteiger partial charge in [0.1, 0.15) is 0 Å². The highest BCUT2D eigenvalue weighted by Gasteiger charge is 2.29. The van der Waals surface area contributed by atoms with Gasteiger partial charge in [-0.1, -0.05) is 28.1 Å². The van der Waals surface area contributed by atoms with Crippen LogP contribution in [-0.4, -0.2) is 50.8 Å². The number of halogens is 1. The molecule has 2 atom stereocenters. The van der Waals surface area contributed by atoms with Gasteiger partial charge in [0.25, 0.3) is 0 Å². The summed E-state index contributed by atoms with van der Waals surface area (Å²) in [6.45, 7) is 3.89. The number of rotatable bonds is 6. The summed E-state index contributed by atoms with van der Waals surface area (Å²) in [5.74, 6) is 1.14. The maximum Gasteiger partial charge on any atom is 0.241 e. The molecule has 0 bridgehead atoms. The molecule has 1 heterocycles. The quantitative estimate of drug-likeness (QED) is 0.726. The molecule has 3 rings (SSSR count). The summed E-state index contributed by atoms with van der Waals surface area (Å²) in [5.41, 5.74) is 1.78. The molecule has 0 aliphatic carbocycles. The Balaban J connectivity index is 1.64. The van der Waals surface area contributed by atoms with E-state index in [1.54, 1.807) is 32.4 Å². The molecule has 7 heteroatoms. The Hall–Kier alpha value is -2.09. The van der Waals surface area contributed by atoms with Crippen molar-refractivity contribution in [1.82, 2.24) is 4.90 Å². The van der Waals surface area contributed by atoms with Gasteiger partial charge >= 0.3 is 0 Å². The number of morpholine rings is 1. The molecule has 0 aromatic heterocycles. The standard InChI is InChI=1S/C21H25BrN2O4/c1-14(21(25)23-17-8-9-18(26-2)19(12-17)27-3)24-10-11-28-20(13-24)15-4-6-16(22)7-5-15/h4-9,12,14,20H,10-11,13H2,1-3H3,(H,23,25). The van der Waals surface area contributed by atoms with Gasteiger partial charge in [-0.05, 0) is 36.8 Å². The summed E-state index contributed by atoms with van der Waals surface area (Å²) in [6, 6.07) is 13.2. The molecule has 0 saturated carbocycles. The fourth-order valence-electron chi connectivity index (χ4n) is 3.23. The van der Waals surface area contributed by atoms with Crippen molar-refractivity contribution in [3.8, 4) is 11.5 Å². The third kappa shape index (κ3) is 4.84. The molecule has 0 radical (unpaired) electrons. The van der Waals surface area contributed by atoms with Crippen molar-refractivity contribution >= 4 is 27.5 Å². The largest absolute Gasteiger partial charge is 0.493 e. The highest BCUT2D eigenvalue weighted by Crippen LogP contribution is 2.30. The fraction of sp³-hybridized carbons (Fsp3) is 0.381. The molecule has 1 aliphatic heterocycles. The molecule has 6 nitrogen and oxygen atoms in total. The topological polar surface area (TPSA) is 60.0 Å². The molecule has 150 valence electrons. The van der Waals surface area contributed by atoms with Crippen molar-refractivity contribution in [2.24, 2.45) is 0 Å². The molecule has 1 saturated heterocycles. The molecule has 1 aliphatic rings. The van der Waals surface area contributed by atoms with Crippen LogP contribution in [0.15, 0.2) is 46.9 Å². The molecule has 28 heavy (non-hydrogen) atoms. The summed E-state index contributed by atoms with van der Waals surface area (Å²) in [6.07, 6.45) is -0.0434. The Morgan fingerprint density at radius 2 is 1.89 bits per heavy atom. The lowest BCUT2D eigenvalue weighted by Crippen LogP contribution is -2.48. The van der Waals surface area contributed by atoms with E-state index in [0.717, 1.165) is 10.0 Å². The Morgan fingerprint density at radius 1 is 1.18 bits per heavy atom. The maximum absolute atomic E-state index is 12.8. The minimum absolute atomic E-state index is 0.0434. The molecule has 1 N–H and O–H groups in total. The number of nitrogens with one attached hydrogen (secondary N) is 1. The zero-order chi connectivity index (χ0) is 20.1. The average Bonchev–Trinajstić information content (AvgIpc) is 2.73. The highest BCUT2D eigenvalue weighted by atomic mass is 79.9. The van der Waals surface area contributed by atoms with Gasteiger partial charge in [0, 0.05) is 29.3 Å². The number of amides is 1. The van der Waals surface area contributed by atoms with E-state index in [0.29, 0.717) is 36.9 Å². The van der Waals surface area contributed by atoms with Crippen molar-refractivity contribution in [1.29, 1.82) is 0 Å². The van der Waals surface area contributed by atoms with Gasteiger partial charge in [0.2, 0.25) is 5.91 Å². The Kier molecular flexibility index (Phi) is 6.93. The fourth-order valence-corrected chi connectivity index (χ4v) is 3.49. The molecule has 2 aromatic rings. The summed E-state index contributed by atoms with van der Waals surface area (Å²) < 4.78 is 17.5. The van der Waals surface area contributed by atoms with Crippen LogP contribution in [0.2, 0.25) is 0 Å². The first-order chi connectivity index (χ1) is 13.5. The van der Waals surface area contributed by atoms with Crippen LogP contribution in [0.3, 0.4) is 0 Å². The van der Waals surface area contributed by atoms with Gasteiger partial charge in [-0.15, -0.1) is 0 Å². The Morgan fingerprint density at radius 3 is 2.57 bits per heavy atom. The first-order valence-corrected chi connectivity index (χ1v) is 9.95. The predicted molar refractivity (Wildman–Crippen MR) is 112 cm³/mol. The van der Waals surface area contributed by atoms with Gasteiger partial charge in [0.05, 0.1) is 33.0 Å². The number of benzene rings is 2. The van der Waals surface area contributed by atoms with Crippen molar-refractivity contribution in [3.05, 3.63) is 52.5 Å². The van der Waals surface area contributed by atoms with Crippen molar-refractivity contribution in [2.45, 2.75) is 19.1 Å². The minimum Gasteiger partial charge on any atom is -0.493 e. The van der Waals surface area contributed by atoms with Crippen molar-refractivity contribution < 1.29 is 19.0 Å². The van der Waals surface area contributed by atoms with Gasteiger partial charge in [-0.2, -0.15) is 0 Å². The molecule has 1 fully saturated rings. The first kappa shape index (κ1) is 20.6. The van der Waals surface area contributed by atoms with Crippen LogP contribution in [0.4, 0.5) is 5.69 Å².